The molecule has 0 saturated carbocycles. The van der Waals surface area contributed by atoms with Gasteiger partial charge in [0.15, 0.2) is 5.69 Å². The first-order valence-electron chi connectivity index (χ1n) is 10.8. The first-order chi connectivity index (χ1) is 16.8. The summed E-state index contributed by atoms with van der Waals surface area (Å²) in [6.07, 6.45) is -3.90. The molecule has 0 radical (unpaired) electrons. The van der Waals surface area contributed by atoms with Crippen LogP contribution in [-0.4, -0.2) is 60.8 Å². The number of hydrogen-bond acceptors (Lipinski definition) is 6. The van der Waals surface area contributed by atoms with E-state index in [4.69, 9.17) is 0 Å². The van der Waals surface area contributed by atoms with E-state index < -0.39 is 54.3 Å². The highest BCUT2D eigenvalue weighted by molar-refractivity contribution is 5.98. The molecular formula is C22H21F6N7O. The number of rotatable bonds is 5. The summed E-state index contributed by atoms with van der Waals surface area (Å²) in [5.74, 6) is -5.32. The quantitative estimate of drug-likeness (QED) is 0.519. The summed E-state index contributed by atoms with van der Waals surface area (Å²) >= 11 is 0. The number of nitrogens with one attached hydrogen (secondary N) is 1. The molecule has 1 aromatic carbocycles. The van der Waals surface area contributed by atoms with Gasteiger partial charge in [-0.05, 0) is 30.2 Å². The van der Waals surface area contributed by atoms with Crippen LogP contribution >= 0.6 is 0 Å². The Bertz CT molecular complexity index is 1230. The molecule has 2 aromatic heterocycles. The lowest BCUT2D eigenvalue weighted by atomic mass is 9.88. The molecule has 14 heteroatoms. The number of halogens is 6. The van der Waals surface area contributed by atoms with Crippen molar-refractivity contribution in [2.24, 2.45) is 13.0 Å². The molecule has 0 spiro atoms. The van der Waals surface area contributed by atoms with Gasteiger partial charge in [0.05, 0.1) is 18.2 Å². The Hall–Kier alpha value is -3.71. The van der Waals surface area contributed by atoms with Crippen molar-refractivity contribution < 1.29 is 31.1 Å². The number of hydrogen-bond donors (Lipinski definition) is 1. The second kappa shape index (κ2) is 9.39. The van der Waals surface area contributed by atoms with Crippen LogP contribution in [0.1, 0.15) is 29.4 Å². The van der Waals surface area contributed by atoms with Crippen LogP contribution in [0.5, 0.6) is 0 Å². The van der Waals surface area contributed by atoms with Crippen LogP contribution in [0.3, 0.4) is 0 Å². The Morgan fingerprint density at radius 1 is 1.14 bits per heavy atom. The van der Waals surface area contributed by atoms with Gasteiger partial charge in [-0.15, -0.1) is 5.10 Å². The number of likely N-dealkylation sites (tertiary alicyclic amines) is 1. The average molecular weight is 513 g/mol. The van der Waals surface area contributed by atoms with Crippen LogP contribution < -0.4 is 5.32 Å². The van der Waals surface area contributed by atoms with Crippen LogP contribution in [0, 0.1) is 11.7 Å². The molecule has 1 aliphatic heterocycles. The minimum absolute atomic E-state index is 0.0967. The topological polar surface area (TPSA) is 88.8 Å². The molecule has 1 aliphatic rings. The molecule has 0 aliphatic carbocycles. The highest BCUT2D eigenvalue weighted by atomic mass is 19.4. The van der Waals surface area contributed by atoms with Crippen molar-refractivity contribution in [3.63, 3.8) is 0 Å². The minimum Gasteiger partial charge on any atom is -0.352 e. The van der Waals surface area contributed by atoms with Crippen molar-refractivity contribution >= 4 is 11.9 Å². The molecule has 4 rings (SSSR count). The fraction of sp³-hybridized carbons (Fsp3) is 0.409. The predicted molar refractivity (Wildman–Crippen MR) is 115 cm³/mol. The lowest BCUT2D eigenvalue weighted by Crippen LogP contribution is -2.57. The number of alkyl halides is 5. The number of carbonyl (C=O) groups is 1. The van der Waals surface area contributed by atoms with E-state index in [0.29, 0.717) is 18.0 Å². The maximum Gasteiger partial charge on any atom is 0.419 e. The fourth-order valence-electron chi connectivity index (χ4n) is 4.13. The third-order valence-corrected chi connectivity index (χ3v) is 5.82. The second-order valence-corrected chi connectivity index (χ2v) is 8.61. The summed E-state index contributed by atoms with van der Waals surface area (Å²) < 4.78 is 80.7. The molecule has 0 bridgehead atoms. The molecule has 1 N–H and O–H groups in total. The van der Waals surface area contributed by atoms with Gasteiger partial charge < -0.3 is 10.2 Å². The van der Waals surface area contributed by atoms with E-state index in [1.807, 2.05) is 0 Å². The van der Waals surface area contributed by atoms with Gasteiger partial charge in [0, 0.05) is 38.0 Å². The summed E-state index contributed by atoms with van der Waals surface area (Å²) in [5, 5.41) is 10.9. The van der Waals surface area contributed by atoms with Gasteiger partial charge >= 0.3 is 6.18 Å². The van der Waals surface area contributed by atoms with E-state index in [1.165, 1.54) is 31.3 Å². The van der Waals surface area contributed by atoms with Crippen molar-refractivity contribution in [3.05, 3.63) is 53.7 Å². The van der Waals surface area contributed by atoms with E-state index in [9.17, 15) is 31.1 Å². The smallest absolute Gasteiger partial charge is 0.352 e. The van der Waals surface area contributed by atoms with Gasteiger partial charge in [-0.1, -0.05) is 6.92 Å². The van der Waals surface area contributed by atoms with Gasteiger partial charge in [0.2, 0.25) is 5.95 Å². The molecule has 36 heavy (non-hydrogen) atoms. The Labute approximate surface area is 201 Å². The van der Waals surface area contributed by atoms with E-state index >= 15 is 0 Å². The molecular weight excluding hydrogens is 492 g/mol. The molecule has 3 aromatic rings. The van der Waals surface area contributed by atoms with Crippen molar-refractivity contribution in [1.29, 1.82) is 0 Å². The van der Waals surface area contributed by atoms with Crippen molar-refractivity contribution in [2.45, 2.75) is 31.5 Å². The SMILES string of the molecule is CC1CC(F)(F)CN(C(=O)c2nn(C)nc2-c2ccc(F)cc2)C1CNc1ncc(C(F)(F)F)cn1. The summed E-state index contributed by atoms with van der Waals surface area (Å²) in [5.41, 5.74) is -0.754. The van der Waals surface area contributed by atoms with Crippen molar-refractivity contribution in [2.75, 3.05) is 18.4 Å². The Balaban J connectivity index is 1.60. The normalized spacial score (nSPS) is 19.8. The summed E-state index contributed by atoms with van der Waals surface area (Å²) in [6.45, 7) is 0.557. The number of aryl methyl sites for hydroxylation is 1. The third kappa shape index (κ3) is 5.41. The Morgan fingerprint density at radius 2 is 1.78 bits per heavy atom. The molecule has 3 heterocycles. The van der Waals surface area contributed by atoms with Gasteiger partial charge in [0.1, 0.15) is 11.5 Å². The zero-order chi connectivity index (χ0) is 26.3. The number of anilines is 1. The third-order valence-electron chi connectivity index (χ3n) is 5.82. The van der Waals surface area contributed by atoms with E-state index in [-0.39, 0.29) is 23.9 Å². The van der Waals surface area contributed by atoms with Crippen LogP contribution in [0.4, 0.5) is 32.3 Å². The molecule has 2 unspecified atom stereocenters. The Kier molecular flexibility index (Phi) is 6.62. The lowest BCUT2D eigenvalue weighted by molar-refractivity contribution is -0.138. The number of nitrogens with zero attached hydrogens (tertiary/aromatic N) is 6. The standard InChI is InChI=1S/C22H21F6N7O/c1-12-7-21(24,25)11-35(16(12)10-31-20-29-8-14(9-30-20)22(26,27)28)19(36)18-17(32-34(2)33-18)13-3-5-15(23)6-4-13/h3-6,8-9,12,16H,7,10-11H2,1-2H3,(H,29,30,31). The minimum atomic E-state index is -4.61. The molecule has 192 valence electrons. The van der Waals surface area contributed by atoms with Gasteiger partial charge in [-0.3, -0.25) is 4.79 Å². The van der Waals surface area contributed by atoms with E-state index in [0.717, 1.165) is 9.70 Å². The first-order valence-corrected chi connectivity index (χ1v) is 10.8. The lowest BCUT2D eigenvalue weighted by Gasteiger charge is -2.43. The highest BCUT2D eigenvalue weighted by Crippen LogP contribution is 2.36. The van der Waals surface area contributed by atoms with Gasteiger partial charge in [-0.2, -0.15) is 23.1 Å². The first kappa shape index (κ1) is 25.4. The van der Waals surface area contributed by atoms with E-state index in [2.05, 4.69) is 25.5 Å². The fourth-order valence-corrected chi connectivity index (χ4v) is 4.13. The predicted octanol–water partition coefficient (Wildman–Crippen LogP) is 4.03. The van der Waals surface area contributed by atoms with E-state index in [1.54, 1.807) is 6.92 Å². The number of aromatic nitrogens is 5. The summed E-state index contributed by atoms with van der Waals surface area (Å²) in [4.78, 5) is 22.8. The average Bonchev–Trinajstić information content (AvgIpc) is 3.19. The monoisotopic (exact) mass is 513 g/mol. The van der Waals surface area contributed by atoms with Crippen molar-refractivity contribution in [3.8, 4) is 11.3 Å². The van der Waals surface area contributed by atoms with Crippen LogP contribution in [-0.2, 0) is 13.2 Å². The van der Waals surface area contributed by atoms with Crippen LogP contribution in [0.2, 0.25) is 0 Å². The molecule has 1 fully saturated rings. The van der Waals surface area contributed by atoms with Crippen molar-refractivity contribution in [1.82, 2.24) is 29.9 Å². The molecule has 1 amide bonds. The molecule has 2 atom stereocenters. The Morgan fingerprint density at radius 3 is 2.39 bits per heavy atom. The maximum atomic E-state index is 14.5. The van der Waals surface area contributed by atoms with Crippen LogP contribution in [0.25, 0.3) is 11.3 Å². The zero-order valence-electron chi connectivity index (χ0n) is 19.1. The summed E-state index contributed by atoms with van der Waals surface area (Å²) in [6, 6.07) is 4.35. The largest absolute Gasteiger partial charge is 0.419 e. The second-order valence-electron chi connectivity index (χ2n) is 8.61. The number of piperidine rings is 1. The zero-order valence-corrected chi connectivity index (χ0v) is 19.1. The summed E-state index contributed by atoms with van der Waals surface area (Å²) in [7, 11) is 1.46. The highest BCUT2D eigenvalue weighted by Gasteiger charge is 2.47. The molecule has 8 nitrogen and oxygen atoms in total. The number of benzene rings is 1. The molecule has 1 saturated heterocycles. The van der Waals surface area contributed by atoms with Crippen LogP contribution in [0.15, 0.2) is 36.7 Å². The number of amides is 1. The number of carbonyl (C=O) groups excluding carboxylic acids is 1. The maximum absolute atomic E-state index is 14.5. The van der Waals surface area contributed by atoms with Gasteiger partial charge in [-0.25, -0.2) is 23.1 Å². The van der Waals surface area contributed by atoms with Gasteiger partial charge in [0.25, 0.3) is 11.8 Å².